The molecular weight excluding hydrogens is 284 g/mol. The van der Waals surface area contributed by atoms with Gasteiger partial charge in [-0.3, -0.25) is 4.79 Å². The average Bonchev–Trinajstić information content (AvgIpc) is 2.40. The molecule has 6 atom stereocenters. The maximum absolute atomic E-state index is 11.5. The van der Waals surface area contributed by atoms with Crippen molar-refractivity contribution in [3.8, 4) is 0 Å². The third-order valence-electron chi connectivity index (χ3n) is 8.45. The molecular formula is C21H36O2. The van der Waals surface area contributed by atoms with Crippen molar-refractivity contribution in [3.63, 3.8) is 0 Å². The van der Waals surface area contributed by atoms with E-state index in [4.69, 9.17) is 4.74 Å². The van der Waals surface area contributed by atoms with Crippen LogP contribution >= 0.6 is 0 Å². The van der Waals surface area contributed by atoms with Crippen molar-refractivity contribution in [3.05, 3.63) is 0 Å². The summed E-state index contributed by atoms with van der Waals surface area (Å²) in [7, 11) is 0. The van der Waals surface area contributed by atoms with E-state index in [0.29, 0.717) is 22.2 Å². The van der Waals surface area contributed by atoms with E-state index >= 15 is 0 Å². The Hall–Kier alpha value is -0.530. The van der Waals surface area contributed by atoms with Gasteiger partial charge in [-0.25, -0.2) is 0 Å². The highest BCUT2D eigenvalue weighted by Crippen LogP contribution is 2.69. The number of ether oxygens (including phenoxy) is 1. The van der Waals surface area contributed by atoms with E-state index in [2.05, 4.69) is 34.6 Å². The highest BCUT2D eigenvalue weighted by molar-refractivity contribution is 5.66. The maximum Gasteiger partial charge on any atom is 0.302 e. The third-order valence-corrected chi connectivity index (χ3v) is 8.45. The van der Waals surface area contributed by atoms with Gasteiger partial charge in [0, 0.05) is 6.92 Å². The van der Waals surface area contributed by atoms with Gasteiger partial charge in [0.25, 0.3) is 0 Å². The Morgan fingerprint density at radius 3 is 2.39 bits per heavy atom. The largest absolute Gasteiger partial charge is 0.462 e. The van der Waals surface area contributed by atoms with E-state index in [-0.39, 0.29) is 12.1 Å². The van der Waals surface area contributed by atoms with Gasteiger partial charge in [-0.15, -0.1) is 0 Å². The van der Waals surface area contributed by atoms with E-state index in [1.54, 1.807) is 6.92 Å². The first-order valence-electron chi connectivity index (χ1n) is 9.77. The fourth-order valence-electron chi connectivity index (χ4n) is 7.14. The summed E-state index contributed by atoms with van der Waals surface area (Å²) in [4.78, 5) is 11.5. The molecule has 0 aromatic rings. The standard InChI is InChI=1S/C21H36O2/c1-14-13-21(6)16(12-17(14)23-15(2)22)8-9-18-19(3,4)10-7-11-20(18,21)5/h14,16-18H,7-13H2,1-6H3/t14?,16-,17+,18-,20-,21-/m0/s1. The van der Waals surface area contributed by atoms with Crippen molar-refractivity contribution < 1.29 is 9.53 Å². The summed E-state index contributed by atoms with van der Waals surface area (Å²) in [5.74, 6) is 1.95. The van der Waals surface area contributed by atoms with Crippen molar-refractivity contribution in [2.24, 2.45) is 34.0 Å². The van der Waals surface area contributed by atoms with Crippen molar-refractivity contribution in [1.29, 1.82) is 0 Å². The molecule has 0 heterocycles. The van der Waals surface area contributed by atoms with Gasteiger partial charge in [0.2, 0.25) is 0 Å². The summed E-state index contributed by atoms with van der Waals surface area (Å²) < 4.78 is 5.67. The van der Waals surface area contributed by atoms with Crippen LogP contribution in [-0.4, -0.2) is 12.1 Å². The van der Waals surface area contributed by atoms with Crippen LogP contribution in [0.15, 0.2) is 0 Å². The number of esters is 1. The predicted molar refractivity (Wildman–Crippen MR) is 94.0 cm³/mol. The van der Waals surface area contributed by atoms with Gasteiger partial charge >= 0.3 is 5.97 Å². The van der Waals surface area contributed by atoms with Crippen molar-refractivity contribution in [2.75, 3.05) is 0 Å². The Kier molecular flexibility index (Phi) is 4.13. The molecule has 0 amide bonds. The second kappa shape index (κ2) is 5.49. The first kappa shape index (κ1) is 17.3. The molecule has 1 unspecified atom stereocenters. The lowest BCUT2D eigenvalue weighted by Gasteiger charge is -2.67. The second-order valence-electron chi connectivity index (χ2n) is 10.1. The summed E-state index contributed by atoms with van der Waals surface area (Å²) in [6.45, 7) is 14.0. The smallest absolute Gasteiger partial charge is 0.302 e. The van der Waals surface area contributed by atoms with Gasteiger partial charge in [0.15, 0.2) is 0 Å². The predicted octanol–water partition coefficient (Wildman–Crippen LogP) is 5.60. The Labute approximate surface area is 142 Å². The molecule has 0 spiro atoms. The lowest BCUT2D eigenvalue weighted by Crippen LogP contribution is -2.60. The Balaban J connectivity index is 1.90. The summed E-state index contributed by atoms with van der Waals surface area (Å²) in [5.41, 5.74) is 1.34. The van der Waals surface area contributed by atoms with Gasteiger partial charge in [-0.1, -0.05) is 41.0 Å². The fraction of sp³-hybridized carbons (Fsp3) is 0.952. The molecule has 3 saturated carbocycles. The van der Waals surface area contributed by atoms with Crippen LogP contribution in [0.1, 0.15) is 86.5 Å². The maximum atomic E-state index is 11.5. The number of hydrogen-bond donors (Lipinski definition) is 0. The quantitative estimate of drug-likeness (QED) is 0.588. The zero-order valence-corrected chi connectivity index (χ0v) is 16.1. The Morgan fingerprint density at radius 1 is 1.04 bits per heavy atom. The van der Waals surface area contributed by atoms with Crippen LogP contribution in [0.3, 0.4) is 0 Å². The Morgan fingerprint density at radius 2 is 1.74 bits per heavy atom. The summed E-state index contributed by atoms with van der Waals surface area (Å²) in [6, 6.07) is 0. The molecule has 0 N–H and O–H groups in total. The van der Waals surface area contributed by atoms with Crippen molar-refractivity contribution in [2.45, 2.75) is 92.6 Å². The molecule has 2 heteroatoms. The van der Waals surface area contributed by atoms with E-state index in [9.17, 15) is 4.79 Å². The number of carbonyl (C=O) groups is 1. The van der Waals surface area contributed by atoms with E-state index in [1.807, 2.05) is 0 Å². The molecule has 0 aromatic carbocycles. The molecule has 0 bridgehead atoms. The molecule has 132 valence electrons. The first-order valence-corrected chi connectivity index (χ1v) is 9.77. The number of carbonyl (C=O) groups excluding carboxylic acids is 1. The SMILES string of the molecule is CC(=O)O[C@@H]1C[C@@H]2CC[C@H]3C(C)(C)CCC[C@]3(C)[C@@]2(C)CC1C. The van der Waals surface area contributed by atoms with E-state index in [1.165, 1.54) is 38.5 Å². The van der Waals surface area contributed by atoms with Crippen LogP contribution in [0.2, 0.25) is 0 Å². The topological polar surface area (TPSA) is 26.3 Å². The average molecular weight is 321 g/mol. The second-order valence-corrected chi connectivity index (χ2v) is 10.1. The molecule has 3 fully saturated rings. The van der Waals surface area contributed by atoms with E-state index < -0.39 is 0 Å². The van der Waals surface area contributed by atoms with Crippen molar-refractivity contribution in [1.82, 2.24) is 0 Å². The zero-order valence-electron chi connectivity index (χ0n) is 16.1. The lowest BCUT2D eigenvalue weighted by atomic mass is 9.38. The molecule has 2 nitrogen and oxygen atoms in total. The summed E-state index contributed by atoms with van der Waals surface area (Å²) in [6.07, 6.45) is 9.29. The monoisotopic (exact) mass is 320 g/mol. The van der Waals surface area contributed by atoms with Crippen LogP contribution in [0, 0.1) is 34.0 Å². The minimum Gasteiger partial charge on any atom is -0.462 e. The van der Waals surface area contributed by atoms with Gasteiger partial charge in [0.05, 0.1) is 0 Å². The van der Waals surface area contributed by atoms with Gasteiger partial charge in [-0.05, 0) is 72.5 Å². The molecule has 3 aliphatic rings. The summed E-state index contributed by atoms with van der Waals surface area (Å²) >= 11 is 0. The fourth-order valence-corrected chi connectivity index (χ4v) is 7.14. The molecule has 0 aliphatic heterocycles. The molecule has 0 aromatic heterocycles. The summed E-state index contributed by atoms with van der Waals surface area (Å²) in [5, 5.41) is 0. The molecule has 3 aliphatic carbocycles. The van der Waals surface area contributed by atoms with Crippen LogP contribution in [-0.2, 0) is 9.53 Å². The molecule has 23 heavy (non-hydrogen) atoms. The Bertz CT molecular complexity index is 482. The number of hydrogen-bond acceptors (Lipinski definition) is 2. The molecule has 3 rings (SSSR count). The van der Waals surface area contributed by atoms with Crippen LogP contribution in [0.4, 0.5) is 0 Å². The van der Waals surface area contributed by atoms with Gasteiger partial charge in [-0.2, -0.15) is 0 Å². The lowest BCUT2D eigenvalue weighted by molar-refractivity contribution is -0.196. The molecule has 0 saturated heterocycles. The zero-order chi connectivity index (χ0) is 17.0. The van der Waals surface area contributed by atoms with Crippen LogP contribution in [0.5, 0.6) is 0 Å². The van der Waals surface area contributed by atoms with Gasteiger partial charge < -0.3 is 4.74 Å². The van der Waals surface area contributed by atoms with Crippen molar-refractivity contribution >= 4 is 5.97 Å². The number of fused-ring (bicyclic) bond motifs is 3. The highest BCUT2D eigenvalue weighted by Gasteiger charge is 2.62. The third kappa shape index (κ3) is 2.55. The number of rotatable bonds is 1. The minimum absolute atomic E-state index is 0.107. The first-order chi connectivity index (χ1) is 10.6. The molecule has 0 radical (unpaired) electrons. The minimum atomic E-state index is -0.107. The van der Waals surface area contributed by atoms with Gasteiger partial charge in [0.1, 0.15) is 6.10 Å². The van der Waals surface area contributed by atoms with E-state index in [0.717, 1.165) is 18.3 Å². The van der Waals surface area contributed by atoms with Crippen LogP contribution < -0.4 is 0 Å². The normalized spacial score (nSPS) is 49.0. The van der Waals surface area contributed by atoms with Crippen LogP contribution in [0.25, 0.3) is 0 Å². The highest BCUT2D eigenvalue weighted by atomic mass is 16.5.